The van der Waals surface area contributed by atoms with Gasteiger partial charge in [-0.15, -0.1) is 0 Å². The van der Waals surface area contributed by atoms with Gasteiger partial charge in [0.1, 0.15) is 0 Å². The molecule has 1 atom stereocenters. The maximum absolute atomic E-state index is 12.1. The highest BCUT2D eigenvalue weighted by molar-refractivity contribution is 4.99. The van der Waals surface area contributed by atoms with Gasteiger partial charge in [-0.1, -0.05) is 12.8 Å². The van der Waals surface area contributed by atoms with Crippen molar-refractivity contribution in [1.29, 1.82) is 0 Å². The number of morpholine rings is 1. The third-order valence-electron chi connectivity index (χ3n) is 3.88. The zero-order chi connectivity index (χ0) is 11.4. The third kappa shape index (κ3) is 2.72. The molecule has 94 valence electrons. The van der Waals surface area contributed by atoms with E-state index in [0.717, 1.165) is 32.4 Å². The topological polar surface area (TPSA) is 21.3 Å². The first-order valence-corrected chi connectivity index (χ1v) is 6.38. The van der Waals surface area contributed by atoms with E-state index < -0.39 is 6.43 Å². The number of hydrogen-bond donors (Lipinski definition) is 1. The molecule has 1 spiro atoms. The van der Waals surface area contributed by atoms with Crippen LogP contribution in [0.5, 0.6) is 0 Å². The van der Waals surface area contributed by atoms with Crippen molar-refractivity contribution in [2.45, 2.75) is 63.0 Å². The highest BCUT2D eigenvalue weighted by Gasteiger charge is 2.43. The van der Waals surface area contributed by atoms with Crippen LogP contribution in [0.1, 0.15) is 44.9 Å². The highest BCUT2D eigenvalue weighted by Crippen LogP contribution is 2.39. The van der Waals surface area contributed by atoms with E-state index in [9.17, 15) is 8.78 Å². The summed E-state index contributed by atoms with van der Waals surface area (Å²) >= 11 is 0. The molecule has 4 heteroatoms. The first-order chi connectivity index (χ1) is 7.73. The molecule has 1 saturated carbocycles. The summed E-state index contributed by atoms with van der Waals surface area (Å²) < 4.78 is 30.2. The molecule has 1 heterocycles. The van der Waals surface area contributed by atoms with Crippen LogP contribution in [0.3, 0.4) is 0 Å². The molecule has 0 aromatic carbocycles. The summed E-state index contributed by atoms with van der Waals surface area (Å²) in [5.41, 5.74) is -0.0274. The first-order valence-electron chi connectivity index (χ1n) is 6.38. The molecule has 16 heavy (non-hydrogen) atoms. The zero-order valence-corrected chi connectivity index (χ0v) is 9.68. The fraction of sp³-hybridized carbons (Fsp3) is 1.00. The summed E-state index contributed by atoms with van der Waals surface area (Å²) in [5.74, 6) is 0. The number of alkyl halides is 2. The molecule has 0 aromatic rings. The van der Waals surface area contributed by atoms with Crippen LogP contribution in [-0.2, 0) is 4.74 Å². The van der Waals surface area contributed by atoms with Gasteiger partial charge in [0, 0.05) is 19.0 Å². The SMILES string of the molecule is FC(F)CCCC1NCCOC12CCCC2. The zero-order valence-electron chi connectivity index (χ0n) is 9.68. The van der Waals surface area contributed by atoms with Gasteiger partial charge >= 0.3 is 0 Å². The van der Waals surface area contributed by atoms with Gasteiger partial charge in [0.2, 0.25) is 6.43 Å². The van der Waals surface area contributed by atoms with Crippen molar-refractivity contribution in [3.8, 4) is 0 Å². The molecule has 2 fully saturated rings. The Hall–Kier alpha value is -0.220. The fourth-order valence-electron chi connectivity index (χ4n) is 3.08. The minimum absolute atomic E-state index is 0.0221. The van der Waals surface area contributed by atoms with Gasteiger partial charge in [0.25, 0.3) is 0 Å². The minimum atomic E-state index is -2.16. The molecule has 2 aliphatic rings. The van der Waals surface area contributed by atoms with Crippen molar-refractivity contribution in [2.75, 3.05) is 13.2 Å². The summed E-state index contributed by atoms with van der Waals surface area (Å²) in [6.07, 6.45) is 3.90. The average molecular weight is 233 g/mol. The molecule has 1 N–H and O–H groups in total. The number of ether oxygens (including phenoxy) is 1. The normalized spacial score (nSPS) is 29.1. The number of rotatable bonds is 4. The van der Waals surface area contributed by atoms with Crippen LogP contribution in [-0.4, -0.2) is 31.2 Å². The molecule has 1 unspecified atom stereocenters. The van der Waals surface area contributed by atoms with E-state index in [1.54, 1.807) is 0 Å². The number of halogens is 2. The molecule has 1 saturated heterocycles. The largest absolute Gasteiger partial charge is 0.372 e. The molecule has 0 aromatic heterocycles. The molecular weight excluding hydrogens is 212 g/mol. The van der Waals surface area contributed by atoms with Crippen LogP contribution < -0.4 is 5.32 Å². The second kappa shape index (κ2) is 5.41. The van der Waals surface area contributed by atoms with Gasteiger partial charge in [0.05, 0.1) is 12.2 Å². The molecule has 0 amide bonds. The Bertz CT molecular complexity index is 217. The third-order valence-corrected chi connectivity index (χ3v) is 3.88. The van der Waals surface area contributed by atoms with Gasteiger partial charge in [-0.2, -0.15) is 0 Å². The molecule has 2 nitrogen and oxygen atoms in total. The maximum Gasteiger partial charge on any atom is 0.238 e. The van der Waals surface area contributed by atoms with E-state index in [2.05, 4.69) is 5.32 Å². The van der Waals surface area contributed by atoms with Crippen LogP contribution in [0.2, 0.25) is 0 Å². The van der Waals surface area contributed by atoms with Gasteiger partial charge < -0.3 is 10.1 Å². The molecule has 0 radical (unpaired) electrons. The fourth-order valence-corrected chi connectivity index (χ4v) is 3.08. The van der Waals surface area contributed by atoms with E-state index >= 15 is 0 Å². The Balaban J connectivity index is 1.84. The lowest BCUT2D eigenvalue weighted by Crippen LogP contribution is -2.56. The van der Waals surface area contributed by atoms with E-state index in [1.807, 2.05) is 0 Å². The van der Waals surface area contributed by atoms with Gasteiger partial charge in [-0.3, -0.25) is 0 Å². The van der Waals surface area contributed by atoms with Crippen molar-refractivity contribution >= 4 is 0 Å². The Morgan fingerprint density at radius 1 is 1.31 bits per heavy atom. The molecule has 1 aliphatic carbocycles. The Labute approximate surface area is 95.7 Å². The van der Waals surface area contributed by atoms with Crippen LogP contribution in [0, 0.1) is 0 Å². The predicted octanol–water partition coefficient (Wildman–Crippen LogP) is 2.72. The Morgan fingerprint density at radius 2 is 2.06 bits per heavy atom. The van der Waals surface area contributed by atoms with Crippen LogP contribution >= 0.6 is 0 Å². The summed E-state index contributed by atoms with van der Waals surface area (Å²) in [6, 6.07) is 0.294. The Morgan fingerprint density at radius 3 is 2.75 bits per heavy atom. The van der Waals surface area contributed by atoms with Gasteiger partial charge in [-0.05, 0) is 25.7 Å². The van der Waals surface area contributed by atoms with Crippen molar-refractivity contribution < 1.29 is 13.5 Å². The van der Waals surface area contributed by atoms with Crippen LogP contribution in [0.4, 0.5) is 8.78 Å². The van der Waals surface area contributed by atoms with Crippen molar-refractivity contribution in [3.63, 3.8) is 0 Å². The average Bonchev–Trinajstić information content (AvgIpc) is 2.70. The summed E-state index contributed by atoms with van der Waals surface area (Å²) in [4.78, 5) is 0. The standard InChI is InChI=1S/C12H21F2NO/c13-11(14)5-3-4-10-12(6-1-2-7-12)16-9-8-15-10/h10-11,15H,1-9H2. The lowest BCUT2D eigenvalue weighted by molar-refractivity contribution is -0.0946. The summed E-state index contributed by atoms with van der Waals surface area (Å²) in [7, 11) is 0. The molecule has 1 aliphatic heterocycles. The monoisotopic (exact) mass is 233 g/mol. The predicted molar refractivity (Wildman–Crippen MR) is 58.8 cm³/mol. The maximum atomic E-state index is 12.1. The highest BCUT2D eigenvalue weighted by atomic mass is 19.3. The van der Waals surface area contributed by atoms with E-state index in [0.29, 0.717) is 12.5 Å². The lowest BCUT2D eigenvalue weighted by Gasteiger charge is -2.42. The quantitative estimate of drug-likeness (QED) is 0.806. The van der Waals surface area contributed by atoms with E-state index in [1.165, 1.54) is 12.8 Å². The van der Waals surface area contributed by atoms with E-state index in [-0.39, 0.29) is 12.0 Å². The van der Waals surface area contributed by atoms with Crippen molar-refractivity contribution in [2.24, 2.45) is 0 Å². The molecule has 0 bridgehead atoms. The lowest BCUT2D eigenvalue weighted by atomic mass is 9.87. The number of hydrogen-bond acceptors (Lipinski definition) is 2. The van der Waals surface area contributed by atoms with Crippen LogP contribution in [0.15, 0.2) is 0 Å². The molecular formula is C12H21F2NO. The number of nitrogens with one attached hydrogen (secondary N) is 1. The summed E-state index contributed by atoms with van der Waals surface area (Å²) in [6.45, 7) is 1.63. The minimum Gasteiger partial charge on any atom is -0.372 e. The smallest absolute Gasteiger partial charge is 0.238 e. The van der Waals surface area contributed by atoms with Gasteiger partial charge in [0.15, 0.2) is 0 Å². The second-order valence-corrected chi connectivity index (χ2v) is 4.95. The van der Waals surface area contributed by atoms with Crippen LogP contribution in [0.25, 0.3) is 0 Å². The van der Waals surface area contributed by atoms with Crippen molar-refractivity contribution in [1.82, 2.24) is 5.32 Å². The summed E-state index contributed by atoms with van der Waals surface area (Å²) in [5, 5.41) is 3.46. The second-order valence-electron chi connectivity index (χ2n) is 4.95. The molecule has 2 rings (SSSR count). The Kier molecular flexibility index (Phi) is 4.14. The van der Waals surface area contributed by atoms with E-state index in [4.69, 9.17) is 4.74 Å². The first kappa shape index (κ1) is 12.2. The van der Waals surface area contributed by atoms with Gasteiger partial charge in [-0.25, -0.2) is 8.78 Å². The van der Waals surface area contributed by atoms with Crippen molar-refractivity contribution in [3.05, 3.63) is 0 Å².